The number of hydrogen-bond acceptors (Lipinski definition) is 4. The van der Waals surface area contributed by atoms with Crippen molar-refractivity contribution < 1.29 is 4.74 Å². The zero-order chi connectivity index (χ0) is 12.7. The Bertz CT molecular complexity index is 398. The van der Waals surface area contributed by atoms with Crippen molar-refractivity contribution in [1.29, 1.82) is 5.26 Å². The molecule has 1 aromatic carbocycles. The van der Waals surface area contributed by atoms with Gasteiger partial charge in [0.05, 0.1) is 18.7 Å². The molecule has 0 radical (unpaired) electrons. The van der Waals surface area contributed by atoms with Crippen LogP contribution in [0.4, 0.5) is 0 Å². The monoisotopic (exact) mass is 233 g/mol. The van der Waals surface area contributed by atoms with E-state index in [1.807, 2.05) is 19.2 Å². The van der Waals surface area contributed by atoms with Crippen LogP contribution >= 0.6 is 0 Å². The maximum absolute atomic E-state index is 8.88. The molecule has 0 bridgehead atoms. The first-order chi connectivity index (χ1) is 8.21. The van der Waals surface area contributed by atoms with Gasteiger partial charge in [-0.15, -0.1) is 0 Å². The maximum Gasteiger partial charge on any atom is 0.123 e. The fraction of sp³-hybridized carbons (Fsp3) is 0.462. The molecule has 4 heteroatoms. The Hall–Kier alpha value is -1.57. The van der Waals surface area contributed by atoms with E-state index in [0.29, 0.717) is 12.1 Å². The molecule has 0 aliphatic heterocycles. The fourth-order valence-electron chi connectivity index (χ4n) is 1.70. The van der Waals surface area contributed by atoms with Gasteiger partial charge in [-0.05, 0) is 44.8 Å². The first-order valence-corrected chi connectivity index (χ1v) is 5.67. The smallest absolute Gasteiger partial charge is 0.123 e. The minimum absolute atomic E-state index is 0.660. The van der Waals surface area contributed by atoms with Crippen molar-refractivity contribution in [2.24, 2.45) is 5.73 Å². The molecule has 0 fully saturated rings. The van der Waals surface area contributed by atoms with E-state index in [1.54, 1.807) is 13.2 Å². The lowest BCUT2D eigenvalue weighted by atomic mass is 10.1. The normalized spacial score (nSPS) is 10.3. The SMILES string of the molecule is COc1ccc(C#N)cc1CN(C)CCCN. The van der Waals surface area contributed by atoms with Crippen LogP contribution in [0.25, 0.3) is 0 Å². The van der Waals surface area contributed by atoms with Crippen molar-refractivity contribution in [2.75, 3.05) is 27.2 Å². The van der Waals surface area contributed by atoms with E-state index in [9.17, 15) is 0 Å². The topological polar surface area (TPSA) is 62.3 Å². The standard InChI is InChI=1S/C13H19N3O/c1-16(7-3-6-14)10-12-8-11(9-15)4-5-13(12)17-2/h4-5,8H,3,6-7,10,14H2,1-2H3. The molecule has 0 aliphatic carbocycles. The Morgan fingerprint density at radius 2 is 2.24 bits per heavy atom. The molecule has 1 rings (SSSR count). The first-order valence-electron chi connectivity index (χ1n) is 5.67. The molecule has 0 unspecified atom stereocenters. The second-order valence-electron chi connectivity index (χ2n) is 4.02. The van der Waals surface area contributed by atoms with E-state index in [-0.39, 0.29) is 0 Å². The van der Waals surface area contributed by atoms with Crippen LogP contribution in [0.2, 0.25) is 0 Å². The Labute approximate surface area is 103 Å². The summed E-state index contributed by atoms with van der Waals surface area (Å²) in [5.41, 5.74) is 7.17. The number of ether oxygens (including phenoxy) is 1. The second-order valence-corrected chi connectivity index (χ2v) is 4.02. The van der Waals surface area contributed by atoms with Crippen LogP contribution in [-0.2, 0) is 6.54 Å². The number of hydrogen-bond donors (Lipinski definition) is 1. The second kappa shape index (κ2) is 6.89. The summed E-state index contributed by atoms with van der Waals surface area (Å²) in [5, 5.41) is 8.88. The van der Waals surface area contributed by atoms with Crippen LogP contribution in [0.5, 0.6) is 5.75 Å². The molecular weight excluding hydrogens is 214 g/mol. The van der Waals surface area contributed by atoms with E-state index < -0.39 is 0 Å². The van der Waals surface area contributed by atoms with E-state index in [4.69, 9.17) is 15.7 Å². The van der Waals surface area contributed by atoms with Gasteiger partial charge < -0.3 is 15.4 Å². The molecule has 0 aromatic heterocycles. The molecule has 17 heavy (non-hydrogen) atoms. The Morgan fingerprint density at radius 1 is 1.47 bits per heavy atom. The van der Waals surface area contributed by atoms with Gasteiger partial charge in [-0.25, -0.2) is 0 Å². The molecule has 0 spiro atoms. The third-order valence-electron chi connectivity index (χ3n) is 2.59. The largest absolute Gasteiger partial charge is 0.496 e. The molecule has 4 nitrogen and oxygen atoms in total. The molecular formula is C13H19N3O. The van der Waals surface area contributed by atoms with Crippen LogP contribution < -0.4 is 10.5 Å². The minimum Gasteiger partial charge on any atom is -0.496 e. The summed E-state index contributed by atoms with van der Waals surface area (Å²) in [6.45, 7) is 2.40. The highest BCUT2D eigenvalue weighted by atomic mass is 16.5. The van der Waals surface area contributed by atoms with E-state index in [1.165, 1.54) is 0 Å². The molecule has 2 N–H and O–H groups in total. The van der Waals surface area contributed by atoms with Crippen LogP contribution in [-0.4, -0.2) is 32.1 Å². The third kappa shape index (κ3) is 4.06. The number of benzene rings is 1. The molecule has 0 amide bonds. The molecule has 0 saturated heterocycles. The van der Waals surface area contributed by atoms with Crippen LogP contribution in [0.1, 0.15) is 17.5 Å². The van der Waals surface area contributed by atoms with Crippen molar-refractivity contribution in [3.8, 4) is 11.8 Å². The van der Waals surface area contributed by atoms with Crippen molar-refractivity contribution in [2.45, 2.75) is 13.0 Å². The van der Waals surface area contributed by atoms with Gasteiger partial charge in [-0.3, -0.25) is 0 Å². The van der Waals surface area contributed by atoms with Gasteiger partial charge in [0.1, 0.15) is 5.75 Å². The summed E-state index contributed by atoms with van der Waals surface area (Å²) in [6, 6.07) is 7.62. The summed E-state index contributed by atoms with van der Waals surface area (Å²) in [6.07, 6.45) is 0.969. The zero-order valence-electron chi connectivity index (χ0n) is 10.4. The predicted octanol–water partition coefficient (Wildman–Crippen LogP) is 1.35. The minimum atomic E-state index is 0.660. The average molecular weight is 233 g/mol. The van der Waals surface area contributed by atoms with Gasteiger partial charge in [0.25, 0.3) is 0 Å². The average Bonchev–Trinajstić information content (AvgIpc) is 2.36. The summed E-state index contributed by atoms with van der Waals surface area (Å²) >= 11 is 0. The summed E-state index contributed by atoms with van der Waals surface area (Å²) in [4.78, 5) is 2.17. The molecule has 1 aromatic rings. The molecule has 92 valence electrons. The molecule has 0 saturated carbocycles. The van der Waals surface area contributed by atoms with E-state index in [2.05, 4.69) is 11.0 Å². The lowest BCUT2D eigenvalue weighted by Crippen LogP contribution is -2.21. The lowest BCUT2D eigenvalue weighted by Gasteiger charge is -2.18. The summed E-state index contributed by atoms with van der Waals surface area (Å²) < 4.78 is 5.29. The number of rotatable bonds is 6. The van der Waals surface area contributed by atoms with Crippen molar-refractivity contribution in [3.63, 3.8) is 0 Å². The van der Waals surface area contributed by atoms with Gasteiger partial charge in [0, 0.05) is 12.1 Å². The zero-order valence-corrected chi connectivity index (χ0v) is 10.4. The van der Waals surface area contributed by atoms with Gasteiger partial charge in [0.2, 0.25) is 0 Å². The highest BCUT2D eigenvalue weighted by Gasteiger charge is 2.07. The fourth-order valence-corrected chi connectivity index (χ4v) is 1.70. The van der Waals surface area contributed by atoms with Gasteiger partial charge >= 0.3 is 0 Å². The summed E-state index contributed by atoms with van der Waals surface area (Å²) in [5.74, 6) is 0.823. The quantitative estimate of drug-likeness (QED) is 0.805. The van der Waals surface area contributed by atoms with Crippen molar-refractivity contribution >= 4 is 0 Å². The van der Waals surface area contributed by atoms with E-state index >= 15 is 0 Å². The van der Waals surface area contributed by atoms with Crippen LogP contribution in [0.3, 0.4) is 0 Å². The number of methoxy groups -OCH3 is 1. The van der Waals surface area contributed by atoms with Gasteiger partial charge in [0.15, 0.2) is 0 Å². The highest BCUT2D eigenvalue weighted by Crippen LogP contribution is 2.21. The van der Waals surface area contributed by atoms with Gasteiger partial charge in [-0.2, -0.15) is 5.26 Å². The van der Waals surface area contributed by atoms with Crippen LogP contribution in [0, 0.1) is 11.3 Å². The third-order valence-corrected chi connectivity index (χ3v) is 2.59. The molecule has 0 atom stereocenters. The first kappa shape index (κ1) is 13.5. The Morgan fingerprint density at radius 3 is 2.82 bits per heavy atom. The number of nitrogens with zero attached hydrogens (tertiary/aromatic N) is 2. The number of nitrogens with two attached hydrogens (primary N) is 1. The Balaban J connectivity index is 2.77. The van der Waals surface area contributed by atoms with Gasteiger partial charge in [-0.1, -0.05) is 0 Å². The highest BCUT2D eigenvalue weighted by molar-refractivity contribution is 5.41. The van der Waals surface area contributed by atoms with E-state index in [0.717, 1.165) is 30.8 Å². The van der Waals surface area contributed by atoms with Crippen LogP contribution in [0.15, 0.2) is 18.2 Å². The lowest BCUT2D eigenvalue weighted by molar-refractivity contribution is 0.315. The maximum atomic E-state index is 8.88. The molecule has 0 heterocycles. The Kier molecular flexibility index (Phi) is 5.47. The summed E-state index contributed by atoms with van der Waals surface area (Å²) in [7, 11) is 3.68. The van der Waals surface area contributed by atoms with Crippen molar-refractivity contribution in [1.82, 2.24) is 4.90 Å². The molecule has 0 aliphatic rings. The van der Waals surface area contributed by atoms with Crippen molar-refractivity contribution in [3.05, 3.63) is 29.3 Å². The predicted molar refractivity (Wildman–Crippen MR) is 67.7 cm³/mol. The number of nitriles is 1.